The van der Waals surface area contributed by atoms with Gasteiger partial charge in [0.2, 0.25) is 5.91 Å². The molecule has 1 heterocycles. The number of phenols is 1. The largest absolute Gasteiger partial charge is 0.508 e. The molecule has 1 amide bonds. The molecule has 1 aliphatic heterocycles. The van der Waals surface area contributed by atoms with E-state index < -0.39 is 0 Å². The molecule has 1 spiro atoms. The highest BCUT2D eigenvalue weighted by Gasteiger charge is 2.68. The second kappa shape index (κ2) is 5.98. The molecule has 1 aromatic carbocycles. The van der Waals surface area contributed by atoms with E-state index in [2.05, 4.69) is 25.2 Å². The molecular formula is C22H31NO3. The number of hydrogen-bond acceptors (Lipinski definition) is 3. The number of phenolic OH excluding ortho intramolecular Hbond substituents is 1. The molecule has 3 aliphatic rings. The molecule has 0 aromatic heterocycles. The van der Waals surface area contributed by atoms with E-state index in [-0.39, 0.29) is 34.8 Å². The van der Waals surface area contributed by atoms with Gasteiger partial charge in [0.1, 0.15) is 5.75 Å². The predicted octanol–water partition coefficient (Wildman–Crippen LogP) is 4.05. The molecule has 4 rings (SSSR count). The van der Waals surface area contributed by atoms with Gasteiger partial charge in [-0.05, 0) is 59.6 Å². The number of amides is 1. The number of aromatic hydroxyl groups is 1. The summed E-state index contributed by atoms with van der Waals surface area (Å²) < 4.78 is 6.23. The minimum absolute atomic E-state index is 0.00137. The monoisotopic (exact) mass is 357 g/mol. The maximum absolute atomic E-state index is 12.6. The number of hydrogen-bond donors (Lipinski definition) is 2. The van der Waals surface area contributed by atoms with Crippen LogP contribution in [0.1, 0.15) is 58.6 Å². The fourth-order valence-electron chi connectivity index (χ4n) is 6.13. The van der Waals surface area contributed by atoms with E-state index in [9.17, 15) is 9.90 Å². The quantitative estimate of drug-likeness (QED) is 0.858. The summed E-state index contributed by atoms with van der Waals surface area (Å²) in [5.41, 5.74) is 1.28. The van der Waals surface area contributed by atoms with Crippen LogP contribution >= 0.6 is 0 Å². The Morgan fingerprint density at radius 1 is 1.35 bits per heavy atom. The Hall–Kier alpha value is -1.55. The highest BCUT2D eigenvalue weighted by molar-refractivity contribution is 5.78. The first-order valence-electron chi connectivity index (χ1n) is 9.96. The second-order valence-corrected chi connectivity index (χ2v) is 9.53. The lowest BCUT2D eigenvalue weighted by Crippen LogP contribution is -2.59. The molecule has 142 valence electrons. The molecule has 1 saturated heterocycles. The summed E-state index contributed by atoms with van der Waals surface area (Å²) in [5, 5.41) is 13.3. The van der Waals surface area contributed by atoms with E-state index in [1.807, 2.05) is 26.0 Å². The molecular weight excluding hydrogens is 326 g/mol. The van der Waals surface area contributed by atoms with Crippen LogP contribution in [0.25, 0.3) is 0 Å². The second-order valence-electron chi connectivity index (χ2n) is 9.53. The zero-order chi connectivity index (χ0) is 18.7. The average Bonchev–Trinajstić information content (AvgIpc) is 3.07. The summed E-state index contributed by atoms with van der Waals surface area (Å²) in [5.74, 6) is 1.45. The Morgan fingerprint density at radius 2 is 2.12 bits per heavy atom. The van der Waals surface area contributed by atoms with Crippen molar-refractivity contribution in [3.05, 3.63) is 29.8 Å². The van der Waals surface area contributed by atoms with E-state index in [0.717, 1.165) is 18.4 Å². The van der Waals surface area contributed by atoms with Gasteiger partial charge in [-0.3, -0.25) is 4.79 Å². The molecule has 2 N–H and O–H groups in total. The molecule has 1 aromatic rings. The third-order valence-corrected chi connectivity index (χ3v) is 7.51. The Morgan fingerprint density at radius 3 is 2.81 bits per heavy atom. The van der Waals surface area contributed by atoms with Crippen LogP contribution in [0.5, 0.6) is 5.75 Å². The van der Waals surface area contributed by atoms with Gasteiger partial charge in [-0.25, -0.2) is 0 Å². The Kier molecular flexibility index (Phi) is 4.11. The molecule has 2 saturated carbocycles. The zero-order valence-corrected chi connectivity index (χ0v) is 16.3. The zero-order valence-electron chi connectivity index (χ0n) is 16.3. The lowest BCUT2D eigenvalue weighted by Gasteiger charge is -2.53. The molecule has 2 bridgehead atoms. The van der Waals surface area contributed by atoms with Gasteiger partial charge in [-0.2, -0.15) is 0 Å². The number of carbonyl (C=O) groups excluding carboxylic acids is 1. The Bertz CT molecular complexity index is 713. The standard InChI is InChI=1S/C22H31NO3/c1-13(2)19(25)23-20-21(3,4)15-11-17-18(14-6-5-7-16(24)10-14)26-9-8-22(17,20)12-15/h5-7,10,13,15,17-18,20,24H,8-9,11-12H2,1-4H3,(H,23,25)/t15-,17-,18-,20+,22?/m1/s1. The first-order valence-corrected chi connectivity index (χ1v) is 9.96. The van der Waals surface area contributed by atoms with Crippen LogP contribution in [0.15, 0.2) is 24.3 Å². The molecule has 5 atom stereocenters. The fraction of sp³-hybridized carbons (Fsp3) is 0.682. The third-order valence-electron chi connectivity index (χ3n) is 7.51. The topological polar surface area (TPSA) is 58.6 Å². The van der Waals surface area contributed by atoms with E-state index in [0.29, 0.717) is 24.2 Å². The van der Waals surface area contributed by atoms with Crippen LogP contribution in [0, 0.1) is 28.6 Å². The van der Waals surface area contributed by atoms with Crippen molar-refractivity contribution in [2.45, 2.75) is 59.1 Å². The normalized spacial score (nSPS) is 37.6. The molecule has 2 aliphatic carbocycles. The molecule has 1 unspecified atom stereocenters. The fourth-order valence-corrected chi connectivity index (χ4v) is 6.13. The summed E-state index contributed by atoms with van der Waals surface area (Å²) in [6.07, 6.45) is 3.33. The van der Waals surface area contributed by atoms with Gasteiger partial charge in [-0.15, -0.1) is 0 Å². The van der Waals surface area contributed by atoms with Gasteiger partial charge in [0, 0.05) is 18.6 Å². The van der Waals surface area contributed by atoms with Crippen molar-refractivity contribution in [1.29, 1.82) is 0 Å². The van der Waals surface area contributed by atoms with Crippen LogP contribution in [-0.4, -0.2) is 23.7 Å². The number of benzene rings is 1. The first-order chi connectivity index (χ1) is 12.3. The summed E-state index contributed by atoms with van der Waals surface area (Å²) in [6.45, 7) is 9.29. The van der Waals surface area contributed by atoms with Crippen molar-refractivity contribution < 1.29 is 14.6 Å². The SMILES string of the molecule is CC(C)C(=O)N[C@H]1C(C)(C)[C@@H]2C[C@@H]3[C@@H](c4cccc(O)c4)OCCC31C2. The van der Waals surface area contributed by atoms with Crippen LogP contribution < -0.4 is 5.32 Å². The lowest BCUT2D eigenvalue weighted by molar-refractivity contribution is -0.139. The number of fused-ring (bicyclic) bond motifs is 1. The molecule has 3 fully saturated rings. The summed E-state index contributed by atoms with van der Waals surface area (Å²) in [4.78, 5) is 12.6. The van der Waals surface area contributed by atoms with E-state index >= 15 is 0 Å². The van der Waals surface area contributed by atoms with Crippen LogP contribution in [0.4, 0.5) is 0 Å². The van der Waals surface area contributed by atoms with Gasteiger partial charge < -0.3 is 15.2 Å². The van der Waals surface area contributed by atoms with Crippen molar-refractivity contribution in [3.63, 3.8) is 0 Å². The molecule has 26 heavy (non-hydrogen) atoms. The van der Waals surface area contributed by atoms with Crippen LogP contribution in [-0.2, 0) is 9.53 Å². The highest BCUT2D eigenvalue weighted by Crippen LogP contribution is 2.70. The third kappa shape index (κ3) is 2.49. The van der Waals surface area contributed by atoms with Gasteiger partial charge in [-0.1, -0.05) is 39.8 Å². The van der Waals surface area contributed by atoms with Crippen molar-refractivity contribution in [2.75, 3.05) is 6.61 Å². The minimum atomic E-state index is 0.00137. The van der Waals surface area contributed by atoms with E-state index in [1.165, 1.54) is 6.42 Å². The smallest absolute Gasteiger partial charge is 0.222 e. The molecule has 4 heteroatoms. The van der Waals surface area contributed by atoms with E-state index in [1.54, 1.807) is 6.07 Å². The average molecular weight is 357 g/mol. The van der Waals surface area contributed by atoms with Crippen molar-refractivity contribution >= 4 is 5.91 Å². The molecule has 0 radical (unpaired) electrons. The summed E-state index contributed by atoms with van der Waals surface area (Å²) in [6, 6.07) is 7.68. The first kappa shape index (κ1) is 17.8. The number of carbonyl (C=O) groups is 1. The van der Waals surface area contributed by atoms with Gasteiger partial charge >= 0.3 is 0 Å². The van der Waals surface area contributed by atoms with Gasteiger partial charge in [0.15, 0.2) is 0 Å². The Balaban J connectivity index is 1.69. The van der Waals surface area contributed by atoms with Crippen LogP contribution in [0.2, 0.25) is 0 Å². The summed E-state index contributed by atoms with van der Waals surface area (Å²) >= 11 is 0. The number of nitrogens with one attached hydrogen (secondary N) is 1. The highest BCUT2D eigenvalue weighted by atomic mass is 16.5. The molecule has 4 nitrogen and oxygen atoms in total. The van der Waals surface area contributed by atoms with Crippen molar-refractivity contribution in [3.8, 4) is 5.75 Å². The van der Waals surface area contributed by atoms with Gasteiger partial charge in [0.25, 0.3) is 0 Å². The van der Waals surface area contributed by atoms with Crippen molar-refractivity contribution in [1.82, 2.24) is 5.32 Å². The minimum Gasteiger partial charge on any atom is -0.508 e. The van der Waals surface area contributed by atoms with Gasteiger partial charge in [0.05, 0.1) is 6.10 Å². The van der Waals surface area contributed by atoms with Crippen molar-refractivity contribution in [2.24, 2.45) is 28.6 Å². The van der Waals surface area contributed by atoms with E-state index in [4.69, 9.17) is 4.74 Å². The predicted molar refractivity (Wildman–Crippen MR) is 101 cm³/mol. The number of ether oxygens (including phenoxy) is 1. The van der Waals surface area contributed by atoms with Crippen LogP contribution in [0.3, 0.4) is 0 Å². The Labute approximate surface area is 156 Å². The summed E-state index contributed by atoms with van der Waals surface area (Å²) in [7, 11) is 0. The maximum Gasteiger partial charge on any atom is 0.222 e. The maximum atomic E-state index is 12.6. The number of rotatable bonds is 3. The lowest BCUT2D eigenvalue weighted by atomic mass is 9.58.